The Labute approximate surface area is 133 Å². The van der Waals surface area contributed by atoms with E-state index >= 15 is 0 Å². The number of aryl methyl sites for hydroxylation is 1. The molecule has 0 saturated carbocycles. The monoisotopic (exact) mass is 302 g/mol. The van der Waals surface area contributed by atoms with Crippen LogP contribution in [0.25, 0.3) is 0 Å². The van der Waals surface area contributed by atoms with Gasteiger partial charge in [-0.3, -0.25) is 9.59 Å². The summed E-state index contributed by atoms with van der Waals surface area (Å²) in [7, 11) is 0. The molecule has 0 aliphatic carbocycles. The van der Waals surface area contributed by atoms with Crippen molar-refractivity contribution in [2.24, 2.45) is 0 Å². The summed E-state index contributed by atoms with van der Waals surface area (Å²) in [5, 5.41) is 0. The molecule has 1 aliphatic rings. The van der Waals surface area contributed by atoms with Crippen LogP contribution in [-0.2, 0) is 4.79 Å². The summed E-state index contributed by atoms with van der Waals surface area (Å²) < 4.78 is 0. The standard InChI is InChI=1S/C18H26N2O2/c1-13(2)16-7-6-14(3)17(12-16)18(22)20-9-5-8-19(10-11-20)15(4)21/h6-7,12-13H,5,8-11H2,1-4H3. The predicted octanol–water partition coefficient (Wildman–Crippen LogP) is 2.81. The molecule has 0 atom stereocenters. The summed E-state index contributed by atoms with van der Waals surface area (Å²) in [5.74, 6) is 0.585. The van der Waals surface area contributed by atoms with Gasteiger partial charge in [0, 0.05) is 38.7 Å². The third-order valence-corrected chi connectivity index (χ3v) is 4.39. The Morgan fingerprint density at radius 2 is 1.68 bits per heavy atom. The van der Waals surface area contributed by atoms with Crippen LogP contribution in [0.4, 0.5) is 0 Å². The van der Waals surface area contributed by atoms with Gasteiger partial charge < -0.3 is 9.80 Å². The topological polar surface area (TPSA) is 40.6 Å². The van der Waals surface area contributed by atoms with Gasteiger partial charge in [0.15, 0.2) is 0 Å². The molecular weight excluding hydrogens is 276 g/mol. The number of carbonyl (C=O) groups excluding carboxylic acids is 2. The molecule has 0 N–H and O–H groups in total. The zero-order valence-electron chi connectivity index (χ0n) is 14.1. The van der Waals surface area contributed by atoms with Crippen LogP contribution < -0.4 is 0 Å². The normalized spacial score (nSPS) is 15.9. The van der Waals surface area contributed by atoms with Gasteiger partial charge in [-0.05, 0) is 36.5 Å². The number of amides is 2. The van der Waals surface area contributed by atoms with Gasteiger partial charge in [0.25, 0.3) is 5.91 Å². The zero-order chi connectivity index (χ0) is 16.3. The highest BCUT2D eigenvalue weighted by atomic mass is 16.2. The highest BCUT2D eigenvalue weighted by molar-refractivity contribution is 5.96. The Balaban J connectivity index is 2.17. The van der Waals surface area contributed by atoms with Crippen LogP contribution in [0.3, 0.4) is 0 Å². The first-order valence-corrected chi connectivity index (χ1v) is 8.05. The van der Waals surface area contributed by atoms with E-state index in [1.165, 1.54) is 5.56 Å². The molecular formula is C18H26N2O2. The van der Waals surface area contributed by atoms with Crippen LogP contribution in [0, 0.1) is 6.92 Å². The van der Waals surface area contributed by atoms with E-state index in [1.54, 1.807) is 6.92 Å². The molecule has 0 aromatic heterocycles. The summed E-state index contributed by atoms with van der Waals surface area (Å²) in [4.78, 5) is 28.0. The first-order valence-electron chi connectivity index (χ1n) is 8.05. The molecule has 1 aromatic carbocycles. The minimum atomic E-state index is 0.0883. The second-order valence-corrected chi connectivity index (χ2v) is 6.38. The predicted molar refractivity (Wildman–Crippen MR) is 88.0 cm³/mol. The van der Waals surface area contributed by atoms with Crippen molar-refractivity contribution in [1.82, 2.24) is 9.80 Å². The molecule has 2 rings (SSSR count). The number of rotatable bonds is 2. The van der Waals surface area contributed by atoms with E-state index in [0.717, 1.165) is 24.1 Å². The highest BCUT2D eigenvalue weighted by Crippen LogP contribution is 2.20. The van der Waals surface area contributed by atoms with Gasteiger partial charge in [-0.25, -0.2) is 0 Å². The number of nitrogens with zero attached hydrogens (tertiary/aromatic N) is 2. The molecule has 1 saturated heterocycles. The van der Waals surface area contributed by atoms with E-state index in [9.17, 15) is 9.59 Å². The first kappa shape index (κ1) is 16.5. The van der Waals surface area contributed by atoms with Crippen LogP contribution in [-0.4, -0.2) is 47.8 Å². The molecule has 1 heterocycles. The van der Waals surface area contributed by atoms with E-state index < -0.39 is 0 Å². The number of carbonyl (C=O) groups is 2. The molecule has 22 heavy (non-hydrogen) atoms. The van der Waals surface area contributed by atoms with Gasteiger partial charge in [-0.1, -0.05) is 26.0 Å². The van der Waals surface area contributed by atoms with Crippen molar-refractivity contribution in [3.63, 3.8) is 0 Å². The maximum absolute atomic E-state index is 12.8. The second kappa shape index (κ2) is 6.95. The maximum Gasteiger partial charge on any atom is 0.254 e. The molecule has 4 nitrogen and oxygen atoms in total. The summed E-state index contributed by atoms with van der Waals surface area (Å²) in [6.07, 6.45) is 0.842. The molecule has 4 heteroatoms. The highest BCUT2D eigenvalue weighted by Gasteiger charge is 2.22. The van der Waals surface area contributed by atoms with Crippen LogP contribution in [0.15, 0.2) is 18.2 Å². The van der Waals surface area contributed by atoms with Crippen molar-refractivity contribution in [3.8, 4) is 0 Å². The third-order valence-electron chi connectivity index (χ3n) is 4.39. The SMILES string of the molecule is CC(=O)N1CCCN(C(=O)c2cc(C(C)C)ccc2C)CC1. The molecule has 120 valence electrons. The lowest BCUT2D eigenvalue weighted by Crippen LogP contribution is -2.36. The van der Waals surface area contributed by atoms with Gasteiger partial charge in [-0.15, -0.1) is 0 Å². The van der Waals surface area contributed by atoms with E-state index in [-0.39, 0.29) is 11.8 Å². The Hall–Kier alpha value is -1.84. The Kier molecular flexibility index (Phi) is 5.22. The summed E-state index contributed by atoms with van der Waals surface area (Å²) >= 11 is 0. The molecule has 1 fully saturated rings. The number of hydrogen-bond acceptors (Lipinski definition) is 2. The van der Waals surface area contributed by atoms with Crippen LogP contribution in [0.2, 0.25) is 0 Å². The minimum absolute atomic E-state index is 0.0883. The minimum Gasteiger partial charge on any atom is -0.341 e. The van der Waals surface area contributed by atoms with Crippen molar-refractivity contribution in [1.29, 1.82) is 0 Å². The Bertz CT molecular complexity index is 566. The van der Waals surface area contributed by atoms with E-state index in [0.29, 0.717) is 25.6 Å². The fraction of sp³-hybridized carbons (Fsp3) is 0.556. The van der Waals surface area contributed by atoms with Crippen molar-refractivity contribution >= 4 is 11.8 Å². The molecule has 0 bridgehead atoms. The fourth-order valence-electron chi connectivity index (χ4n) is 2.83. The van der Waals surface area contributed by atoms with Gasteiger partial charge in [0.05, 0.1) is 0 Å². The lowest BCUT2D eigenvalue weighted by Gasteiger charge is -2.22. The quantitative estimate of drug-likeness (QED) is 0.843. The van der Waals surface area contributed by atoms with Gasteiger partial charge in [0.1, 0.15) is 0 Å². The smallest absolute Gasteiger partial charge is 0.254 e. The van der Waals surface area contributed by atoms with Gasteiger partial charge in [-0.2, -0.15) is 0 Å². The van der Waals surface area contributed by atoms with Crippen molar-refractivity contribution < 1.29 is 9.59 Å². The van der Waals surface area contributed by atoms with Crippen LogP contribution in [0.1, 0.15) is 54.6 Å². The number of hydrogen-bond donors (Lipinski definition) is 0. The first-order chi connectivity index (χ1) is 10.4. The van der Waals surface area contributed by atoms with Crippen molar-refractivity contribution in [2.75, 3.05) is 26.2 Å². The average molecular weight is 302 g/mol. The summed E-state index contributed by atoms with van der Waals surface area (Å²) in [6.45, 7) is 10.5. The largest absolute Gasteiger partial charge is 0.341 e. The average Bonchev–Trinajstić information content (AvgIpc) is 2.72. The lowest BCUT2D eigenvalue weighted by molar-refractivity contribution is -0.128. The van der Waals surface area contributed by atoms with E-state index in [2.05, 4.69) is 19.9 Å². The zero-order valence-corrected chi connectivity index (χ0v) is 14.1. The van der Waals surface area contributed by atoms with E-state index in [1.807, 2.05) is 28.9 Å². The molecule has 1 aliphatic heterocycles. The summed E-state index contributed by atoms with van der Waals surface area (Å²) in [6, 6.07) is 6.15. The number of benzene rings is 1. The summed E-state index contributed by atoms with van der Waals surface area (Å²) in [5.41, 5.74) is 3.00. The van der Waals surface area contributed by atoms with Crippen molar-refractivity contribution in [2.45, 2.75) is 40.0 Å². The van der Waals surface area contributed by atoms with Crippen LogP contribution >= 0.6 is 0 Å². The van der Waals surface area contributed by atoms with Crippen LogP contribution in [0.5, 0.6) is 0 Å². The van der Waals surface area contributed by atoms with E-state index in [4.69, 9.17) is 0 Å². The van der Waals surface area contributed by atoms with Gasteiger partial charge in [0.2, 0.25) is 5.91 Å². The molecule has 0 radical (unpaired) electrons. The fourth-order valence-corrected chi connectivity index (χ4v) is 2.83. The molecule has 2 amide bonds. The molecule has 1 aromatic rings. The van der Waals surface area contributed by atoms with Crippen molar-refractivity contribution in [3.05, 3.63) is 34.9 Å². The molecule has 0 unspecified atom stereocenters. The maximum atomic E-state index is 12.8. The second-order valence-electron chi connectivity index (χ2n) is 6.38. The Morgan fingerprint density at radius 3 is 2.32 bits per heavy atom. The lowest BCUT2D eigenvalue weighted by atomic mass is 9.97. The molecule has 0 spiro atoms. The van der Waals surface area contributed by atoms with Gasteiger partial charge >= 0.3 is 0 Å². The third kappa shape index (κ3) is 3.67. The Morgan fingerprint density at radius 1 is 1.05 bits per heavy atom.